The van der Waals surface area contributed by atoms with E-state index in [0.29, 0.717) is 5.56 Å². The third-order valence-electron chi connectivity index (χ3n) is 3.38. The van der Waals surface area contributed by atoms with Crippen LogP contribution in [0.3, 0.4) is 0 Å². The van der Waals surface area contributed by atoms with Gasteiger partial charge in [0.15, 0.2) is 0 Å². The summed E-state index contributed by atoms with van der Waals surface area (Å²) < 4.78 is 35.7. The van der Waals surface area contributed by atoms with Crippen LogP contribution < -0.4 is 10.4 Å². The number of hydrogen-bond donors (Lipinski definition) is 0. The number of hydrogen-bond acceptors (Lipinski definition) is 4. The van der Waals surface area contributed by atoms with Crippen molar-refractivity contribution in [3.05, 3.63) is 34.0 Å². The summed E-state index contributed by atoms with van der Waals surface area (Å²) in [6.07, 6.45) is 0. The van der Waals surface area contributed by atoms with Crippen molar-refractivity contribution in [1.29, 1.82) is 0 Å². The summed E-state index contributed by atoms with van der Waals surface area (Å²) in [5.74, 6) is -0.455. The molecule has 1 aromatic heterocycles. The zero-order valence-corrected chi connectivity index (χ0v) is 14.7. The number of aryl methyl sites for hydroxylation is 1. The molecule has 0 aliphatic carbocycles. The highest BCUT2D eigenvalue weighted by Gasteiger charge is 2.25. The molecule has 0 aliphatic rings. The molecule has 0 spiro atoms. The normalized spacial score (nSPS) is 12.5. The van der Waals surface area contributed by atoms with E-state index in [2.05, 4.69) is 10.4 Å². The molecule has 0 amide bonds. The Kier molecular flexibility index (Phi) is 4.52. The summed E-state index contributed by atoms with van der Waals surface area (Å²) in [5.41, 5.74) is -2.00. The highest BCUT2D eigenvalue weighted by atomic mass is 19.1. The molecule has 2 rings (SSSR count). The van der Waals surface area contributed by atoms with E-state index in [1.807, 2.05) is 20.8 Å². The number of benzene rings is 1. The second kappa shape index (κ2) is 5.99. The van der Waals surface area contributed by atoms with Crippen LogP contribution in [-0.4, -0.2) is 32.1 Å². The minimum atomic E-state index is -1.61. The number of aromatic nitrogens is 4. The number of alkyl halides is 1. The second-order valence-corrected chi connectivity index (χ2v) is 7.35. The molecule has 0 bridgehead atoms. The topological polar surface area (TPSA) is 61.9 Å². The fourth-order valence-electron chi connectivity index (χ4n) is 2.11. The van der Waals surface area contributed by atoms with Gasteiger partial charge in [-0.15, -0.1) is 0 Å². The summed E-state index contributed by atoms with van der Waals surface area (Å²) >= 11 is 0. The molecule has 0 fully saturated rings. The van der Waals surface area contributed by atoms with Crippen molar-refractivity contribution in [1.82, 2.24) is 19.8 Å². The van der Waals surface area contributed by atoms with Crippen molar-refractivity contribution in [2.24, 2.45) is 7.05 Å². The average Bonchev–Trinajstić information content (AvgIpc) is 2.75. The largest absolute Gasteiger partial charge is 0.488 e. The van der Waals surface area contributed by atoms with Gasteiger partial charge in [-0.1, -0.05) is 20.8 Å². The van der Waals surface area contributed by atoms with Crippen LogP contribution in [0.4, 0.5) is 8.78 Å². The molecule has 0 saturated carbocycles. The molecule has 8 heteroatoms. The van der Waals surface area contributed by atoms with E-state index in [-0.39, 0.29) is 18.0 Å². The lowest BCUT2D eigenvalue weighted by Crippen LogP contribution is -2.26. The Morgan fingerprint density at radius 3 is 2.25 bits per heavy atom. The first-order chi connectivity index (χ1) is 10.9. The molecule has 0 saturated heterocycles. The van der Waals surface area contributed by atoms with Crippen molar-refractivity contribution in [2.45, 2.75) is 45.7 Å². The molecule has 0 N–H and O–H groups in total. The molecule has 0 atom stereocenters. The van der Waals surface area contributed by atoms with Crippen LogP contribution in [0.1, 0.15) is 40.2 Å². The number of rotatable bonds is 4. The molecule has 1 aromatic carbocycles. The molecule has 2 aromatic rings. The number of halogens is 2. The quantitative estimate of drug-likeness (QED) is 0.858. The van der Waals surface area contributed by atoms with Crippen LogP contribution in [0.15, 0.2) is 16.9 Å². The summed E-state index contributed by atoms with van der Waals surface area (Å²) in [6.45, 7) is 7.95. The van der Waals surface area contributed by atoms with E-state index in [1.54, 1.807) is 0 Å². The van der Waals surface area contributed by atoms with E-state index in [0.717, 1.165) is 15.4 Å². The maximum atomic E-state index is 14.5. The van der Waals surface area contributed by atoms with Crippen LogP contribution in [0.5, 0.6) is 5.75 Å². The molecule has 0 unspecified atom stereocenters. The third kappa shape index (κ3) is 3.80. The Hall–Kier alpha value is -2.25. The second-order valence-electron chi connectivity index (χ2n) is 7.35. The fraction of sp³-hybridized carbons (Fsp3) is 0.562. The number of tetrazole rings is 1. The first-order valence-corrected chi connectivity index (χ1v) is 7.55. The predicted octanol–water partition coefficient (Wildman–Crippen LogP) is 2.53. The third-order valence-corrected chi connectivity index (χ3v) is 3.38. The summed E-state index contributed by atoms with van der Waals surface area (Å²) in [7, 11) is 1.45. The number of nitrogens with zero attached hydrogens (tertiary/aromatic N) is 4. The van der Waals surface area contributed by atoms with Gasteiger partial charge in [-0.3, -0.25) is 0 Å². The predicted molar refractivity (Wildman–Crippen MR) is 85.9 cm³/mol. The lowest BCUT2D eigenvalue weighted by atomic mass is 9.86. The van der Waals surface area contributed by atoms with E-state index >= 15 is 0 Å². The highest BCUT2D eigenvalue weighted by Crippen LogP contribution is 2.32. The Balaban J connectivity index is 2.63. The first kappa shape index (κ1) is 18.1. The molecular formula is C16H22F2N4O2. The van der Waals surface area contributed by atoms with Gasteiger partial charge in [0.2, 0.25) is 0 Å². The Morgan fingerprint density at radius 2 is 1.79 bits per heavy atom. The SMILES string of the molecule is Cn1nnn(-c2cc(C(C)(C)C)c(F)cc2OCC(C)(C)F)c1=O. The van der Waals surface area contributed by atoms with Crippen LogP contribution in [0.25, 0.3) is 5.69 Å². The molecule has 1 heterocycles. The zero-order chi connectivity index (χ0) is 18.3. The van der Waals surface area contributed by atoms with Gasteiger partial charge >= 0.3 is 5.69 Å². The first-order valence-electron chi connectivity index (χ1n) is 7.55. The molecule has 0 aliphatic heterocycles. The Morgan fingerprint density at radius 1 is 1.17 bits per heavy atom. The van der Waals surface area contributed by atoms with Gasteiger partial charge in [-0.05, 0) is 41.3 Å². The van der Waals surface area contributed by atoms with Gasteiger partial charge in [0.25, 0.3) is 0 Å². The van der Waals surface area contributed by atoms with Gasteiger partial charge in [0.1, 0.15) is 29.5 Å². The van der Waals surface area contributed by atoms with Crippen molar-refractivity contribution in [3.8, 4) is 11.4 Å². The van der Waals surface area contributed by atoms with Crippen molar-refractivity contribution < 1.29 is 13.5 Å². The fourth-order valence-corrected chi connectivity index (χ4v) is 2.11. The van der Waals surface area contributed by atoms with Crippen LogP contribution in [0.2, 0.25) is 0 Å². The lowest BCUT2D eigenvalue weighted by molar-refractivity contribution is 0.120. The number of ether oxygens (including phenoxy) is 1. The van der Waals surface area contributed by atoms with E-state index in [1.165, 1.54) is 27.0 Å². The van der Waals surface area contributed by atoms with Crippen molar-refractivity contribution in [3.63, 3.8) is 0 Å². The van der Waals surface area contributed by atoms with Gasteiger partial charge in [-0.25, -0.2) is 13.6 Å². The zero-order valence-electron chi connectivity index (χ0n) is 14.7. The lowest BCUT2D eigenvalue weighted by Gasteiger charge is -2.23. The van der Waals surface area contributed by atoms with Gasteiger partial charge in [0.05, 0.1) is 0 Å². The van der Waals surface area contributed by atoms with E-state index in [4.69, 9.17) is 4.74 Å². The molecular weight excluding hydrogens is 318 g/mol. The monoisotopic (exact) mass is 340 g/mol. The Bertz CT molecular complexity index is 798. The molecule has 24 heavy (non-hydrogen) atoms. The van der Waals surface area contributed by atoms with Crippen LogP contribution >= 0.6 is 0 Å². The molecule has 0 radical (unpaired) electrons. The van der Waals surface area contributed by atoms with Gasteiger partial charge in [-0.2, -0.15) is 9.36 Å². The molecule has 132 valence electrons. The standard InChI is InChI=1S/C16H22F2N4O2/c1-15(2,3)10-7-12(22-14(23)21(6)19-20-22)13(8-11(10)17)24-9-16(4,5)18/h7-8H,9H2,1-6H3. The average molecular weight is 340 g/mol. The highest BCUT2D eigenvalue weighted by molar-refractivity contribution is 5.50. The summed E-state index contributed by atoms with van der Waals surface area (Å²) in [4.78, 5) is 12.1. The Labute approximate surface area is 139 Å². The van der Waals surface area contributed by atoms with Crippen LogP contribution in [-0.2, 0) is 12.5 Å². The maximum absolute atomic E-state index is 14.5. The smallest absolute Gasteiger partial charge is 0.368 e. The van der Waals surface area contributed by atoms with Crippen molar-refractivity contribution >= 4 is 0 Å². The minimum absolute atomic E-state index is 0.0359. The van der Waals surface area contributed by atoms with Gasteiger partial charge < -0.3 is 4.74 Å². The summed E-state index contributed by atoms with van der Waals surface area (Å²) in [6, 6.07) is 2.65. The van der Waals surface area contributed by atoms with Crippen molar-refractivity contribution in [2.75, 3.05) is 6.61 Å². The molecule has 6 nitrogen and oxygen atoms in total. The summed E-state index contributed by atoms with van der Waals surface area (Å²) in [5, 5.41) is 7.41. The van der Waals surface area contributed by atoms with E-state index in [9.17, 15) is 13.6 Å². The van der Waals surface area contributed by atoms with E-state index < -0.39 is 22.6 Å². The van der Waals surface area contributed by atoms with Crippen LogP contribution in [0, 0.1) is 5.82 Å². The maximum Gasteiger partial charge on any atom is 0.368 e. The van der Waals surface area contributed by atoms with Gasteiger partial charge in [0, 0.05) is 13.1 Å². The minimum Gasteiger partial charge on any atom is -0.488 e.